The van der Waals surface area contributed by atoms with E-state index < -0.39 is 17.7 Å². The Bertz CT molecular complexity index is 387. The average molecular weight is 296 g/mol. The van der Waals surface area contributed by atoms with Gasteiger partial charge in [0, 0.05) is 5.54 Å². The van der Waals surface area contributed by atoms with Gasteiger partial charge < -0.3 is 11.1 Å². The van der Waals surface area contributed by atoms with Crippen LogP contribution in [0.3, 0.4) is 0 Å². The number of allylic oxidation sites excluding steroid dienone is 2. The van der Waals surface area contributed by atoms with Crippen molar-refractivity contribution < 1.29 is 9.59 Å². The molecular formula is C17H32N2O2. The van der Waals surface area contributed by atoms with Crippen molar-refractivity contribution >= 4 is 11.8 Å². The number of hydrogen-bond donors (Lipinski definition) is 2. The highest BCUT2D eigenvalue weighted by Crippen LogP contribution is 2.31. The molecule has 0 aliphatic carbocycles. The predicted octanol–water partition coefficient (Wildman–Crippen LogP) is 3.02. The molecule has 0 aromatic rings. The van der Waals surface area contributed by atoms with E-state index in [0.717, 1.165) is 0 Å². The average Bonchev–Trinajstić information content (AvgIpc) is 2.23. The van der Waals surface area contributed by atoms with Crippen molar-refractivity contribution in [1.29, 1.82) is 0 Å². The molecule has 0 bridgehead atoms. The summed E-state index contributed by atoms with van der Waals surface area (Å²) in [6.45, 7) is 13.9. The lowest BCUT2D eigenvalue weighted by Crippen LogP contribution is -2.48. The Labute approximate surface area is 129 Å². The Balaban J connectivity index is 5.35. The molecule has 3 N–H and O–H groups in total. The van der Waals surface area contributed by atoms with E-state index in [1.54, 1.807) is 0 Å². The molecule has 122 valence electrons. The highest BCUT2D eigenvalue weighted by atomic mass is 16.2. The maximum Gasteiger partial charge on any atom is 0.224 e. The molecule has 2 atom stereocenters. The molecule has 0 spiro atoms. The number of amides is 2. The third-order valence-corrected chi connectivity index (χ3v) is 3.14. The molecule has 0 saturated heterocycles. The lowest BCUT2D eigenvalue weighted by molar-refractivity contribution is -0.135. The maximum absolute atomic E-state index is 12.6. The molecule has 4 nitrogen and oxygen atoms in total. The highest BCUT2D eigenvalue weighted by Gasteiger charge is 2.35. The van der Waals surface area contributed by atoms with Gasteiger partial charge in [-0.25, -0.2) is 0 Å². The first-order valence-electron chi connectivity index (χ1n) is 7.60. The minimum atomic E-state index is -0.470. The first-order chi connectivity index (χ1) is 9.37. The Hall–Kier alpha value is -1.32. The van der Waals surface area contributed by atoms with Crippen molar-refractivity contribution in [3.05, 3.63) is 12.2 Å². The smallest absolute Gasteiger partial charge is 0.224 e. The Morgan fingerprint density at radius 1 is 1.10 bits per heavy atom. The third-order valence-electron chi connectivity index (χ3n) is 3.14. The van der Waals surface area contributed by atoms with Gasteiger partial charge in [-0.15, -0.1) is 0 Å². The molecule has 0 radical (unpaired) electrons. The lowest BCUT2D eigenvalue weighted by atomic mass is 9.76. The van der Waals surface area contributed by atoms with Crippen LogP contribution in [0.15, 0.2) is 12.2 Å². The molecule has 0 saturated carbocycles. The fourth-order valence-corrected chi connectivity index (χ4v) is 2.30. The Morgan fingerprint density at radius 2 is 1.62 bits per heavy atom. The second kappa shape index (κ2) is 7.62. The van der Waals surface area contributed by atoms with Crippen LogP contribution in [0.2, 0.25) is 0 Å². The maximum atomic E-state index is 12.6. The molecule has 2 unspecified atom stereocenters. The van der Waals surface area contributed by atoms with Crippen LogP contribution in [-0.2, 0) is 9.59 Å². The number of primary amides is 1. The predicted molar refractivity (Wildman–Crippen MR) is 87.6 cm³/mol. The van der Waals surface area contributed by atoms with Gasteiger partial charge >= 0.3 is 0 Å². The van der Waals surface area contributed by atoms with Crippen molar-refractivity contribution in [2.75, 3.05) is 0 Å². The van der Waals surface area contributed by atoms with Crippen LogP contribution in [0, 0.1) is 17.3 Å². The number of rotatable bonds is 6. The van der Waals surface area contributed by atoms with E-state index in [1.807, 2.05) is 39.8 Å². The van der Waals surface area contributed by atoms with Crippen molar-refractivity contribution in [3.63, 3.8) is 0 Å². The number of carbonyl (C=O) groups excluding carboxylic acids is 2. The van der Waals surface area contributed by atoms with Crippen LogP contribution < -0.4 is 11.1 Å². The zero-order chi connectivity index (χ0) is 16.8. The van der Waals surface area contributed by atoms with Gasteiger partial charge in [0.25, 0.3) is 0 Å². The topological polar surface area (TPSA) is 72.2 Å². The molecule has 0 aliphatic heterocycles. The number of nitrogens with one attached hydrogen (secondary N) is 1. The number of nitrogens with two attached hydrogens (primary N) is 1. The molecule has 0 rings (SSSR count). The normalized spacial score (nSPS) is 15.8. The Kier molecular flexibility index (Phi) is 7.14. The first-order valence-corrected chi connectivity index (χ1v) is 7.60. The summed E-state index contributed by atoms with van der Waals surface area (Å²) in [5.74, 6) is -1.38. The van der Waals surface area contributed by atoms with E-state index in [9.17, 15) is 9.59 Å². The summed E-state index contributed by atoms with van der Waals surface area (Å²) >= 11 is 0. The summed E-state index contributed by atoms with van der Waals surface area (Å²) < 4.78 is 0. The van der Waals surface area contributed by atoms with Gasteiger partial charge in [0.05, 0.1) is 11.8 Å². The van der Waals surface area contributed by atoms with Crippen LogP contribution in [0.25, 0.3) is 0 Å². The standard InChI is InChI=1S/C17H32N2O2/c1-8-9-10-12(14(18)20)13(11-16(2,3)4)15(21)19-17(5,6)7/h8-9,12-13H,10-11H2,1-7H3,(H2,18,20)(H,19,21)/b9-8+. The summed E-state index contributed by atoms with van der Waals surface area (Å²) in [5, 5.41) is 2.98. The van der Waals surface area contributed by atoms with E-state index in [0.29, 0.717) is 12.8 Å². The molecule has 0 aromatic heterocycles. The quantitative estimate of drug-likeness (QED) is 0.739. The summed E-state index contributed by atoms with van der Waals surface area (Å²) in [6, 6.07) is 0. The SMILES string of the molecule is C/C=C/CC(C(N)=O)C(CC(C)(C)C)C(=O)NC(C)(C)C. The van der Waals surface area contributed by atoms with Gasteiger partial charge in [-0.2, -0.15) is 0 Å². The summed E-state index contributed by atoms with van der Waals surface area (Å²) in [5.41, 5.74) is 5.17. The van der Waals surface area contributed by atoms with Crippen molar-refractivity contribution in [1.82, 2.24) is 5.32 Å². The molecular weight excluding hydrogens is 264 g/mol. The first kappa shape index (κ1) is 19.7. The minimum absolute atomic E-state index is 0.0521. The highest BCUT2D eigenvalue weighted by molar-refractivity contribution is 5.87. The second-order valence-electron chi connectivity index (χ2n) is 7.92. The molecule has 0 heterocycles. The van der Waals surface area contributed by atoms with Gasteiger partial charge in [-0.3, -0.25) is 9.59 Å². The molecule has 0 fully saturated rings. The van der Waals surface area contributed by atoms with Gasteiger partial charge in [-0.05, 0) is 46.0 Å². The summed E-state index contributed by atoms with van der Waals surface area (Å²) in [4.78, 5) is 24.4. The van der Waals surface area contributed by atoms with E-state index in [1.165, 1.54) is 0 Å². The zero-order valence-corrected chi connectivity index (χ0v) is 14.6. The van der Waals surface area contributed by atoms with Crippen molar-refractivity contribution in [2.45, 2.75) is 66.8 Å². The fraction of sp³-hybridized carbons (Fsp3) is 0.765. The van der Waals surface area contributed by atoms with Gasteiger partial charge in [0.15, 0.2) is 0 Å². The van der Waals surface area contributed by atoms with Crippen molar-refractivity contribution in [3.8, 4) is 0 Å². The molecule has 21 heavy (non-hydrogen) atoms. The molecule has 0 aliphatic rings. The second-order valence-corrected chi connectivity index (χ2v) is 7.92. The van der Waals surface area contributed by atoms with Crippen molar-refractivity contribution in [2.24, 2.45) is 23.0 Å². The van der Waals surface area contributed by atoms with E-state index in [4.69, 9.17) is 5.73 Å². The summed E-state index contributed by atoms with van der Waals surface area (Å²) in [7, 11) is 0. The lowest BCUT2D eigenvalue weighted by Gasteiger charge is -2.32. The van der Waals surface area contributed by atoms with Gasteiger partial charge in [-0.1, -0.05) is 32.9 Å². The molecule has 4 heteroatoms. The van der Waals surface area contributed by atoms with E-state index >= 15 is 0 Å². The van der Waals surface area contributed by atoms with E-state index in [2.05, 4.69) is 26.1 Å². The van der Waals surface area contributed by atoms with Crippen LogP contribution in [-0.4, -0.2) is 17.4 Å². The van der Waals surface area contributed by atoms with Crippen LogP contribution in [0.1, 0.15) is 61.3 Å². The monoisotopic (exact) mass is 296 g/mol. The largest absolute Gasteiger partial charge is 0.369 e. The summed E-state index contributed by atoms with van der Waals surface area (Å²) in [6.07, 6.45) is 4.91. The van der Waals surface area contributed by atoms with Crippen LogP contribution in [0.4, 0.5) is 0 Å². The van der Waals surface area contributed by atoms with Crippen LogP contribution >= 0.6 is 0 Å². The Morgan fingerprint density at radius 3 is 1.95 bits per heavy atom. The number of carbonyl (C=O) groups is 2. The fourth-order valence-electron chi connectivity index (χ4n) is 2.30. The zero-order valence-electron chi connectivity index (χ0n) is 14.6. The minimum Gasteiger partial charge on any atom is -0.369 e. The molecule has 0 aromatic carbocycles. The van der Waals surface area contributed by atoms with Gasteiger partial charge in [0.2, 0.25) is 11.8 Å². The van der Waals surface area contributed by atoms with Gasteiger partial charge in [0.1, 0.15) is 0 Å². The number of hydrogen-bond acceptors (Lipinski definition) is 2. The third kappa shape index (κ3) is 8.53. The van der Waals surface area contributed by atoms with E-state index in [-0.39, 0.29) is 16.9 Å². The molecule has 2 amide bonds. The van der Waals surface area contributed by atoms with Crippen LogP contribution in [0.5, 0.6) is 0 Å².